The average Bonchev–Trinajstić information content (AvgIpc) is 2.86. The predicted octanol–water partition coefficient (Wildman–Crippen LogP) is 4.30. The minimum absolute atomic E-state index is 0.0323. The van der Waals surface area contributed by atoms with Gasteiger partial charge in [0.2, 0.25) is 0 Å². The molecule has 4 unspecified atom stereocenters. The zero-order valence-corrected chi connectivity index (χ0v) is 22.3. The molecule has 7 heteroatoms. The van der Waals surface area contributed by atoms with E-state index in [-0.39, 0.29) is 42.3 Å². The molecule has 0 amide bonds. The number of aliphatic hydroxyl groups excluding tert-OH is 1. The predicted molar refractivity (Wildman–Crippen MR) is 146 cm³/mol. The molecular weight excluding hydrogens is 496 g/mol. The molecule has 1 aromatic carbocycles. The summed E-state index contributed by atoms with van der Waals surface area (Å²) in [5.41, 5.74) is 3.03. The van der Waals surface area contributed by atoms with Gasteiger partial charge in [-0.2, -0.15) is 0 Å². The van der Waals surface area contributed by atoms with E-state index in [0.29, 0.717) is 36.8 Å². The summed E-state index contributed by atoms with van der Waals surface area (Å²) in [6.45, 7) is 2.59. The lowest BCUT2D eigenvalue weighted by molar-refractivity contribution is -0.142. The number of allylic oxidation sites excluding steroid dienone is 8. The highest BCUT2D eigenvalue weighted by molar-refractivity contribution is 6.20. The largest absolute Gasteiger partial charge is 0.507 e. The number of aliphatic hydroxyl groups is 1. The first-order valence-electron chi connectivity index (χ1n) is 13.4. The van der Waals surface area contributed by atoms with Crippen LogP contribution < -0.4 is 0 Å². The number of hydrogen-bond donors (Lipinski definition) is 2. The maximum Gasteiger partial charge on any atom is 0.177 e. The molecule has 4 atom stereocenters. The van der Waals surface area contributed by atoms with E-state index >= 15 is 0 Å². The summed E-state index contributed by atoms with van der Waals surface area (Å²) < 4.78 is 0. The minimum atomic E-state index is -1.12. The molecule has 39 heavy (non-hydrogen) atoms. The Bertz CT molecular complexity index is 1340. The molecule has 0 aromatic heterocycles. The van der Waals surface area contributed by atoms with Crippen LogP contribution >= 0.6 is 0 Å². The van der Waals surface area contributed by atoms with Gasteiger partial charge in [-0.1, -0.05) is 42.5 Å². The van der Waals surface area contributed by atoms with Gasteiger partial charge in [-0.25, -0.2) is 0 Å². The van der Waals surface area contributed by atoms with E-state index in [1.165, 1.54) is 19.9 Å². The van der Waals surface area contributed by atoms with Crippen LogP contribution in [0.1, 0.15) is 67.4 Å². The van der Waals surface area contributed by atoms with Crippen LogP contribution in [0.4, 0.5) is 0 Å². The van der Waals surface area contributed by atoms with E-state index in [1.54, 1.807) is 12.1 Å². The summed E-state index contributed by atoms with van der Waals surface area (Å²) in [5, 5.41) is 20.4. The number of carbonyl (C=O) groups excluding carboxylic acids is 5. The standard InChI is InChI=1S/C32H34O7/c1-18(34)15-27(37)28-22(13-14-33)16-23-17-25-24(11-12-26(36)30(25)32(39)29(23)31(28)38)21-8-6-4-3-5-7-20(9-10-21)19(2)35/h3-6,9-12,22-23,28-29,33,36H,7-8,13-17H2,1-2H3. The van der Waals surface area contributed by atoms with E-state index in [9.17, 15) is 34.2 Å². The fourth-order valence-corrected chi connectivity index (χ4v) is 6.28. The number of Topliss-reactive ketones (excluding diaryl/α,β-unsaturated/α-hetero) is 5. The maximum absolute atomic E-state index is 13.8. The van der Waals surface area contributed by atoms with Crippen LogP contribution in [-0.4, -0.2) is 45.7 Å². The Morgan fingerprint density at radius 3 is 2.38 bits per heavy atom. The molecule has 4 rings (SSSR count). The number of hydrogen-bond acceptors (Lipinski definition) is 7. The molecule has 204 valence electrons. The average molecular weight is 531 g/mol. The molecule has 2 N–H and O–H groups in total. The summed E-state index contributed by atoms with van der Waals surface area (Å²) in [7, 11) is 0. The van der Waals surface area contributed by atoms with Crippen LogP contribution in [0.15, 0.2) is 54.2 Å². The second-order valence-electron chi connectivity index (χ2n) is 10.7. The molecule has 0 spiro atoms. The number of benzene rings is 1. The van der Waals surface area contributed by atoms with Crippen molar-refractivity contribution in [3.8, 4) is 5.75 Å². The van der Waals surface area contributed by atoms with Crippen LogP contribution in [0.3, 0.4) is 0 Å². The third-order valence-electron chi connectivity index (χ3n) is 8.06. The number of ketones is 5. The molecular formula is C32H34O7. The molecule has 0 bridgehead atoms. The molecule has 3 aliphatic carbocycles. The van der Waals surface area contributed by atoms with E-state index in [2.05, 4.69) is 0 Å². The lowest BCUT2D eigenvalue weighted by Gasteiger charge is -2.42. The summed E-state index contributed by atoms with van der Waals surface area (Å²) in [5.74, 6) is -5.19. The number of fused-ring (bicyclic) bond motifs is 2. The monoisotopic (exact) mass is 530 g/mol. The number of phenols is 1. The fraction of sp³-hybridized carbons (Fsp3) is 0.406. The van der Waals surface area contributed by atoms with Gasteiger partial charge in [-0.15, -0.1) is 0 Å². The van der Waals surface area contributed by atoms with Gasteiger partial charge in [-0.05, 0) is 86.1 Å². The summed E-state index contributed by atoms with van der Waals surface area (Å²) in [4.78, 5) is 64.1. The number of aromatic hydroxyl groups is 1. The molecule has 1 fully saturated rings. The molecule has 0 radical (unpaired) electrons. The van der Waals surface area contributed by atoms with Crippen LogP contribution in [-0.2, 0) is 25.6 Å². The van der Waals surface area contributed by atoms with Gasteiger partial charge in [0.25, 0.3) is 0 Å². The highest BCUT2D eigenvalue weighted by Crippen LogP contribution is 2.47. The highest BCUT2D eigenvalue weighted by atomic mass is 16.3. The summed E-state index contributed by atoms with van der Waals surface area (Å²) in [6, 6.07) is 3.21. The summed E-state index contributed by atoms with van der Waals surface area (Å²) in [6.07, 6.45) is 12.9. The molecule has 7 nitrogen and oxygen atoms in total. The zero-order chi connectivity index (χ0) is 28.3. The third kappa shape index (κ3) is 5.83. The lowest BCUT2D eigenvalue weighted by atomic mass is 9.59. The van der Waals surface area contributed by atoms with Gasteiger partial charge in [0, 0.05) is 6.61 Å². The molecule has 0 heterocycles. The second-order valence-corrected chi connectivity index (χ2v) is 10.7. The topological polar surface area (TPSA) is 126 Å². The molecule has 1 saturated carbocycles. The van der Waals surface area contributed by atoms with Crippen molar-refractivity contribution < 1.29 is 34.2 Å². The Balaban J connectivity index is 1.79. The minimum Gasteiger partial charge on any atom is -0.507 e. The SMILES string of the molecule is CC(=O)CC(=O)C1C(=O)C2C(=O)c3c(O)ccc(C4=CC=C(C(C)=O)CC=CC=CC4)c3CC2CC1CCO. The van der Waals surface area contributed by atoms with Crippen LogP contribution in [0, 0.1) is 23.7 Å². The molecule has 1 aromatic rings. The van der Waals surface area contributed by atoms with Crippen molar-refractivity contribution in [3.05, 3.63) is 70.9 Å². The number of phenolic OH excluding ortho intramolecular Hbond substituents is 1. The Hall–Kier alpha value is -3.71. The molecule has 0 aliphatic heterocycles. The number of carbonyl (C=O) groups is 5. The van der Waals surface area contributed by atoms with Crippen LogP contribution in [0.25, 0.3) is 5.57 Å². The van der Waals surface area contributed by atoms with Crippen LogP contribution in [0.2, 0.25) is 0 Å². The fourth-order valence-electron chi connectivity index (χ4n) is 6.28. The van der Waals surface area contributed by atoms with Crippen LogP contribution in [0.5, 0.6) is 5.75 Å². The normalized spacial score (nSPS) is 24.8. The van der Waals surface area contributed by atoms with Gasteiger partial charge in [0.15, 0.2) is 23.1 Å². The van der Waals surface area contributed by atoms with Gasteiger partial charge in [0.1, 0.15) is 11.5 Å². The quantitative estimate of drug-likeness (QED) is 0.503. The van der Waals surface area contributed by atoms with Crippen molar-refractivity contribution in [3.63, 3.8) is 0 Å². The van der Waals surface area contributed by atoms with Crippen molar-refractivity contribution in [1.29, 1.82) is 0 Å². The Labute approximate surface area is 228 Å². The van der Waals surface area contributed by atoms with Crippen molar-refractivity contribution >= 4 is 34.5 Å². The first kappa shape index (κ1) is 28.3. The van der Waals surface area contributed by atoms with Gasteiger partial charge >= 0.3 is 0 Å². The maximum atomic E-state index is 13.8. The van der Waals surface area contributed by atoms with Crippen molar-refractivity contribution in [1.82, 2.24) is 0 Å². The Kier molecular flexibility index (Phi) is 8.70. The molecule has 0 saturated heterocycles. The first-order chi connectivity index (χ1) is 18.6. The van der Waals surface area contributed by atoms with Gasteiger partial charge < -0.3 is 10.2 Å². The Morgan fingerprint density at radius 1 is 1.00 bits per heavy atom. The van der Waals surface area contributed by atoms with Crippen molar-refractivity contribution in [2.24, 2.45) is 23.7 Å². The van der Waals surface area contributed by atoms with Crippen molar-refractivity contribution in [2.45, 2.75) is 52.4 Å². The third-order valence-corrected chi connectivity index (χ3v) is 8.06. The molecule has 3 aliphatic rings. The van der Waals surface area contributed by atoms with E-state index in [4.69, 9.17) is 0 Å². The lowest BCUT2D eigenvalue weighted by Crippen LogP contribution is -2.50. The highest BCUT2D eigenvalue weighted by Gasteiger charge is 2.52. The Morgan fingerprint density at radius 2 is 1.72 bits per heavy atom. The van der Waals surface area contributed by atoms with Crippen molar-refractivity contribution in [2.75, 3.05) is 6.61 Å². The van der Waals surface area contributed by atoms with E-state index in [1.807, 2.05) is 30.4 Å². The van der Waals surface area contributed by atoms with E-state index in [0.717, 1.165) is 11.1 Å². The summed E-state index contributed by atoms with van der Waals surface area (Å²) >= 11 is 0. The second kappa shape index (κ2) is 12.0. The number of rotatable bonds is 7. The van der Waals surface area contributed by atoms with Gasteiger partial charge in [-0.3, -0.25) is 24.0 Å². The first-order valence-corrected chi connectivity index (χ1v) is 13.4. The van der Waals surface area contributed by atoms with Gasteiger partial charge in [0.05, 0.1) is 23.8 Å². The smallest absolute Gasteiger partial charge is 0.177 e. The van der Waals surface area contributed by atoms with E-state index < -0.39 is 41.0 Å². The zero-order valence-electron chi connectivity index (χ0n) is 22.3.